The molecule has 2 nitrogen and oxygen atoms in total. The van der Waals surface area contributed by atoms with Crippen LogP contribution in [0.15, 0.2) is 59.1 Å². The highest BCUT2D eigenvalue weighted by Gasteiger charge is 2.19. The van der Waals surface area contributed by atoms with Gasteiger partial charge in [-0.25, -0.2) is 0 Å². The lowest BCUT2D eigenvalue weighted by atomic mass is 9.82. The van der Waals surface area contributed by atoms with Gasteiger partial charge in [0.15, 0.2) is 0 Å². The molecule has 0 N–H and O–H groups in total. The first-order valence-corrected chi connectivity index (χ1v) is 9.28. The third kappa shape index (κ3) is 2.52. The normalized spacial score (nSPS) is 19.7. The quantitative estimate of drug-likeness (QED) is 0.391. The van der Waals surface area contributed by atoms with Gasteiger partial charge in [-0.2, -0.15) is 0 Å². The molecule has 130 valence electrons. The summed E-state index contributed by atoms with van der Waals surface area (Å²) in [6, 6.07) is 15.7. The van der Waals surface area contributed by atoms with Crippen molar-refractivity contribution in [2.75, 3.05) is 0 Å². The van der Waals surface area contributed by atoms with Gasteiger partial charge in [0.25, 0.3) is 0 Å². The molecule has 0 amide bonds. The minimum absolute atomic E-state index is 0.194. The Bertz CT molecular complexity index is 1240. The molecule has 0 spiro atoms. The fourth-order valence-electron chi connectivity index (χ4n) is 4.09. The minimum atomic E-state index is -2.29. The SMILES string of the molecule is [2H]C([2H])([2H])c1cnc(-c2cccc3c2oc2ccccc23)cc1C1([2H])CCCCC1. The highest BCUT2D eigenvalue weighted by molar-refractivity contribution is 6.09. The zero-order valence-corrected chi connectivity index (χ0v) is 14.6. The average molecular weight is 345 g/mol. The summed E-state index contributed by atoms with van der Waals surface area (Å²) in [7, 11) is 0. The molecule has 0 radical (unpaired) electrons. The first kappa shape index (κ1) is 11.9. The maximum absolute atomic E-state index is 9.09. The van der Waals surface area contributed by atoms with E-state index in [1.54, 1.807) is 0 Å². The Balaban J connectivity index is 1.73. The number of benzene rings is 2. The Kier molecular flexibility index (Phi) is 2.87. The van der Waals surface area contributed by atoms with E-state index in [1.807, 2.05) is 48.5 Å². The molecule has 0 unspecified atom stereocenters. The van der Waals surface area contributed by atoms with E-state index in [-0.39, 0.29) is 5.56 Å². The third-order valence-corrected chi connectivity index (χ3v) is 5.42. The number of furan rings is 1. The molecule has 1 fully saturated rings. The van der Waals surface area contributed by atoms with E-state index in [2.05, 4.69) is 4.98 Å². The number of aryl methyl sites for hydroxylation is 1. The summed E-state index contributed by atoms with van der Waals surface area (Å²) >= 11 is 0. The standard InChI is InChI=1S/C24H23NO/c1-16-15-25-22(14-21(16)17-8-3-2-4-9-17)20-12-7-11-19-18-10-5-6-13-23(18)26-24(19)20/h5-7,10-15,17H,2-4,8-9H2,1H3/i1D3,17D. The zero-order chi connectivity index (χ0) is 20.9. The lowest BCUT2D eigenvalue weighted by Gasteiger charge is -2.24. The fourth-order valence-corrected chi connectivity index (χ4v) is 4.09. The van der Waals surface area contributed by atoms with Gasteiger partial charge in [-0.05, 0) is 54.9 Å². The van der Waals surface area contributed by atoms with Crippen LogP contribution in [0.4, 0.5) is 0 Å². The van der Waals surface area contributed by atoms with Crippen molar-refractivity contribution in [1.82, 2.24) is 4.98 Å². The summed E-state index contributed by atoms with van der Waals surface area (Å²) in [6.07, 6.45) is 5.79. The molecule has 2 aromatic carbocycles. The van der Waals surface area contributed by atoms with Crippen molar-refractivity contribution in [3.8, 4) is 11.3 Å². The van der Waals surface area contributed by atoms with Crippen LogP contribution in [0, 0.1) is 6.85 Å². The number of para-hydroxylation sites is 2. The second kappa shape index (κ2) is 6.28. The zero-order valence-electron chi connectivity index (χ0n) is 18.6. The summed E-state index contributed by atoms with van der Waals surface area (Å²) < 4.78 is 39.2. The van der Waals surface area contributed by atoms with Gasteiger partial charge in [-0.15, -0.1) is 0 Å². The van der Waals surface area contributed by atoms with Crippen molar-refractivity contribution in [2.45, 2.75) is 44.8 Å². The van der Waals surface area contributed by atoms with Crippen LogP contribution in [0.3, 0.4) is 0 Å². The van der Waals surface area contributed by atoms with Crippen molar-refractivity contribution < 1.29 is 9.90 Å². The average Bonchev–Trinajstić information content (AvgIpc) is 3.12. The number of hydrogen-bond acceptors (Lipinski definition) is 2. The summed E-state index contributed by atoms with van der Waals surface area (Å²) in [4.78, 5) is 4.52. The molecule has 1 aliphatic carbocycles. The van der Waals surface area contributed by atoms with E-state index in [0.717, 1.165) is 46.8 Å². The molecule has 0 aliphatic heterocycles. The van der Waals surface area contributed by atoms with Crippen molar-refractivity contribution in [3.05, 3.63) is 65.9 Å². The topological polar surface area (TPSA) is 26.0 Å². The second-order valence-corrected chi connectivity index (χ2v) is 7.06. The largest absolute Gasteiger partial charge is 0.455 e. The number of aromatic nitrogens is 1. The number of rotatable bonds is 2. The number of fused-ring (bicyclic) bond motifs is 3. The van der Waals surface area contributed by atoms with Gasteiger partial charge in [-0.3, -0.25) is 4.98 Å². The van der Waals surface area contributed by atoms with Crippen LogP contribution in [0.2, 0.25) is 0 Å². The smallest absolute Gasteiger partial charge is 0.144 e. The van der Waals surface area contributed by atoms with Crippen LogP contribution >= 0.6 is 0 Å². The summed E-state index contributed by atoms with van der Waals surface area (Å²) in [5.41, 5.74) is 3.80. The summed E-state index contributed by atoms with van der Waals surface area (Å²) in [5.74, 6) is -0.887. The lowest BCUT2D eigenvalue weighted by Crippen LogP contribution is -2.07. The van der Waals surface area contributed by atoms with E-state index >= 15 is 0 Å². The number of nitrogens with zero attached hydrogens (tertiary/aromatic N) is 1. The molecule has 5 rings (SSSR count). The Morgan fingerprint density at radius 3 is 2.77 bits per heavy atom. The van der Waals surface area contributed by atoms with E-state index in [9.17, 15) is 0 Å². The minimum Gasteiger partial charge on any atom is -0.455 e. The Morgan fingerprint density at radius 1 is 1.04 bits per heavy atom. The molecular weight excluding hydrogens is 318 g/mol. The van der Waals surface area contributed by atoms with Gasteiger partial charge >= 0.3 is 0 Å². The maximum Gasteiger partial charge on any atom is 0.144 e. The lowest BCUT2D eigenvalue weighted by molar-refractivity contribution is 0.442. The van der Waals surface area contributed by atoms with Crippen LogP contribution in [-0.2, 0) is 0 Å². The molecule has 4 aromatic rings. The van der Waals surface area contributed by atoms with Crippen molar-refractivity contribution in [2.24, 2.45) is 0 Å². The van der Waals surface area contributed by atoms with Gasteiger partial charge < -0.3 is 4.42 Å². The molecule has 2 heterocycles. The van der Waals surface area contributed by atoms with Crippen LogP contribution in [0.5, 0.6) is 0 Å². The van der Waals surface area contributed by atoms with Crippen LogP contribution < -0.4 is 0 Å². The van der Waals surface area contributed by atoms with Crippen LogP contribution in [0.1, 0.15) is 54.6 Å². The van der Waals surface area contributed by atoms with Crippen molar-refractivity contribution in [1.29, 1.82) is 0 Å². The first-order valence-electron chi connectivity index (χ1n) is 11.3. The Hall–Kier alpha value is -2.61. The second-order valence-electron chi connectivity index (χ2n) is 7.06. The van der Waals surface area contributed by atoms with Crippen LogP contribution in [0.25, 0.3) is 33.2 Å². The Morgan fingerprint density at radius 2 is 1.88 bits per heavy atom. The van der Waals surface area contributed by atoms with Gasteiger partial charge in [0, 0.05) is 28.0 Å². The maximum atomic E-state index is 9.09. The monoisotopic (exact) mass is 345 g/mol. The van der Waals surface area contributed by atoms with E-state index < -0.39 is 12.7 Å². The molecule has 0 saturated heterocycles. The highest BCUT2D eigenvalue weighted by atomic mass is 16.3. The van der Waals surface area contributed by atoms with E-state index in [1.165, 1.54) is 6.20 Å². The third-order valence-electron chi connectivity index (χ3n) is 5.42. The molecule has 0 atom stereocenters. The predicted molar refractivity (Wildman–Crippen MR) is 108 cm³/mol. The van der Waals surface area contributed by atoms with Crippen molar-refractivity contribution in [3.63, 3.8) is 0 Å². The van der Waals surface area contributed by atoms with Gasteiger partial charge in [-0.1, -0.05) is 49.6 Å². The highest BCUT2D eigenvalue weighted by Crippen LogP contribution is 2.38. The molecule has 0 bridgehead atoms. The fraction of sp³-hybridized carbons (Fsp3) is 0.292. The molecule has 1 aliphatic rings. The molecule has 2 aromatic heterocycles. The molecule has 26 heavy (non-hydrogen) atoms. The first-order chi connectivity index (χ1) is 14.4. The van der Waals surface area contributed by atoms with Crippen molar-refractivity contribution >= 4 is 21.9 Å². The van der Waals surface area contributed by atoms with Gasteiger partial charge in [0.2, 0.25) is 0 Å². The van der Waals surface area contributed by atoms with Crippen LogP contribution in [-0.4, -0.2) is 4.98 Å². The molecule has 1 saturated carbocycles. The van der Waals surface area contributed by atoms with E-state index in [0.29, 0.717) is 24.1 Å². The molecular formula is C24H23NO. The van der Waals surface area contributed by atoms with Gasteiger partial charge in [0.1, 0.15) is 11.2 Å². The van der Waals surface area contributed by atoms with E-state index in [4.69, 9.17) is 9.90 Å². The number of pyridine rings is 1. The predicted octanol–water partition coefficient (Wildman–Crippen LogP) is 7.00. The Labute approximate surface area is 159 Å². The molecule has 2 heteroatoms. The summed E-state index contributed by atoms with van der Waals surface area (Å²) in [5, 5.41) is 2.04. The van der Waals surface area contributed by atoms with Gasteiger partial charge in [0.05, 0.1) is 5.69 Å². The summed E-state index contributed by atoms with van der Waals surface area (Å²) in [6.45, 7) is -2.29. The number of hydrogen-bond donors (Lipinski definition) is 0.